The molecule has 0 saturated carbocycles. The van der Waals surface area contributed by atoms with Gasteiger partial charge in [-0.3, -0.25) is 9.59 Å². The molecule has 0 spiro atoms. The summed E-state index contributed by atoms with van der Waals surface area (Å²) in [5.74, 6) is -3.23. The topological polar surface area (TPSA) is 148 Å². The van der Waals surface area contributed by atoms with E-state index in [2.05, 4.69) is 31.1 Å². The van der Waals surface area contributed by atoms with Gasteiger partial charge in [-0.2, -0.15) is 26.3 Å². The Morgan fingerprint density at radius 2 is 0.918 bits per heavy atom. The Hall–Kier alpha value is -6.75. The molecule has 19 heteroatoms. The molecule has 308 valence electrons. The number of amides is 2. The van der Waals surface area contributed by atoms with E-state index in [9.17, 15) is 46.1 Å². The Morgan fingerprint density at radius 1 is 0.492 bits per heavy atom. The fourth-order valence-corrected chi connectivity index (χ4v) is 6.81. The molecule has 61 heavy (non-hydrogen) atoms. The van der Waals surface area contributed by atoms with Crippen molar-refractivity contribution in [2.45, 2.75) is 12.4 Å². The van der Waals surface area contributed by atoms with Crippen molar-refractivity contribution in [3.63, 3.8) is 0 Å². The maximum atomic E-state index is 13.7. The van der Waals surface area contributed by atoms with Crippen molar-refractivity contribution >= 4 is 102 Å². The highest BCUT2D eigenvalue weighted by Crippen LogP contribution is 2.46. The molecule has 0 radical (unpaired) electrons. The van der Waals surface area contributed by atoms with Crippen molar-refractivity contribution < 1.29 is 46.1 Å². The number of benzene rings is 7. The highest BCUT2D eigenvalue weighted by Gasteiger charge is 2.36. The Morgan fingerprint density at radius 3 is 1.36 bits per heavy atom. The first-order valence-electron chi connectivity index (χ1n) is 17.4. The van der Waals surface area contributed by atoms with Crippen LogP contribution in [-0.4, -0.2) is 22.0 Å². The standard InChI is InChI=1S/C42H23Cl3F6N6O4/c43-29-13-5-11-27(41(46,47)48)35(29)56-54-33-23-9-3-1-7-20(23)17-25(37(33)58)39(60)52-22-15-16-32(31(45)19-22)53-40(61)26-18-21-8-2-4-10-24(21)34(38(26)59)55-57-36-28(42(49,50)51)12-6-14-30(36)44/h1-19,58-59H,(H,52,60)(H,53,61). The van der Waals surface area contributed by atoms with Crippen LogP contribution in [0.5, 0.6) is 11.5 Å². The second-order valence-electron chi connectivity index (χ2n) is 13.0. The average Bonchev–Trinajstić information content (AvgIpc) is 3.20. The lowest BCUT2D eigenvalue weighted by Gasteiger charge is -2.14. The lowest BCUT2D eigenvalue weighted by Crippen LogP contribution is -2.14. The van der Waals surface area contributed by atoms with Crippen LogP contribution in [-0.2, 0) is 12.4 Å². The average molecular weight is 896 g/mol. The first-order chi connectivity index (χ1) is 28.9. The fraction of sp³-hybridized carbons (Fsp3) is 0.0476. The van der Waals surface area contributed by atoms with E-state index in [0.29, 0.717) is 10.8 Å². The number of nitrogens with zero attached hydrogens (tertiary/aromatic N) is 4. The Bertz CT molecular complexity index is 2980. The molecule has 0 saturated heterocycles. The van der Waals surface area contributed by atoms with Gasteiger partial charge in [0.25, 0.3) is 11.8 Å². The highest BCUT2D eigenvalue weighted by atomic mass is 35.5. The maximum absolute atomic E-state index is 13.7. The van der Waals surface area contributed by atoms with E-state index in [1.165, 1.54) is 54.6 Å². The first kappa shape index (κ1) is 42.4. The van der Waals surface area contributed by atoms with E-state index in [4.69, 9.17) is 34.8 Å². The van der Waals surface area contributed by atoms with Gasteiger partial charge in [0.2, 0.25) is 0 Å². The van der Waals surface area contributed by atoms with E-state index in [0.717, 1.165) is 24.3 Å². The first-order valence-corrected chi connectivity index (χ1v) is 18.5. The van der Waals surface area contributed by atoms with Crippen molar-refractivity contribution in [3.05, 3.63) is 153 Å². The lowest BCUT2D eigenvalue weighted by atomic mass is 10.0. The number of phenolic OH excluding ortho intramolecular Hbond substituents is 2. The summed E-state index contributed by atoms with van der Waals surface area (Å²) < 4.78 is 82.3. The molecule has 0 aliphatic heterocycles. The lowest BCUT2D eigenvalue weighted by molar-refractivity contribution is -0.137. The predicted octanol–water partition coefficient (Wildman–Crippen LogP) is 14.7. The number of hydrogen-bond acceptors (Lipinski definition) is 8. The minimum Gasteiger partial charge on any atom is -0.505 e. The summed E-state index contributed by atoms with van der Waals surface area (Å²) in [6.07, 6.45) is -9.65. The third kappa shape index (κ3) is 8.77. The number of azo groups is 2. The third-order valence-corrected chi connectivity index (χ3v) is 9.96. The predicted molar refractivity (Wildman–Crippen MR) is 220 cm³/mol. The molecule has 0 aliphatic carbocycles. The molecule has 7 rings (SSSR count). The van der Waals surface area contributed by atoms with E-state index in [1.807, 2.05) is 0 Å². The van der Waals surface area contributed by atoms with Crippen LogP contribution in [0.1, 0.15) is 31.8 Å². The van der Waals surface area contributed by atoms with Crippen LogP contribution in [0.4, 0.5) is 60.5 Å². The molecule has 0 heterocycles. The Labute approximate surface area is 354 Å². The maximum Gasteiger partial charge on any atom is 0.418 e. The molecule has 0 aromatic heterocycles. The van der Waals surface area contributed by atoms with Gasteiger partial charge in [-0.05, 0) is 65.4 Å². The number of rotatable bonds is 8. The zero-order chi connectivity index (χ0) is 43.8. The minimum atomic E-state index is -4.83. The number of alkyl halides is 6. The summed E-state index contributed by atoms with van der Waals surface area (Å²) in [5.41, 5.74) is -4.98. The number of carbonyl (C=O) groups is 2. The van der Waals surface area contributed by atoms with Gasteiger partial charge in [0.15, 0.2) is 11.5 Å². The summed E-state index contributed by atoms with van der Waals surface area (Å²) in [6, 6.07) is 25.3. The van der Waals surface area contributed by atoms with Crippen LogP contribution in [0.2, 0.25) is 15.1 Å². The van der Waals surface area contributed by atoms with Crippen LogP contribution < -0.4 is 10.6 Å². The van der Waals surface area contributed by atoms with Crippen molar-refractivity contribution in [1.29, 1.82) is 0 Å². The van der Waals surface area contributed by atoms with Gasteiger partial charge in [-0.15, -0.1) is 20.5 Å². The Balaban J connectivity index is 1.16. The van der Waals surface area contributed by atoms with Crippen molar-refractivity contribution in [2.75, 3.05) is 10.6 Å². The SMILES string of the molecule is O=C(Nc1ccc(NC(=O)c2cc3ccccc3c(N=Nc3c(Cl)cccc3C(F)(F)F)c2O)c(Cl)c1)c1cc2ccccc2c(N=Nc2c(Cl)cccc2C(F)(F)F)c1O. The van der Waals surface area contributed by atoms with E-state index < -0.39 is 58.2 Å². The smallest absolute Gasteiger partial charge is 0.418 e. The van der Waals surface area contributed by atoms with Gasteiger partial charge in [0.05, 0.1) is 43.0 Å². The molecule has 0 atom stereocenters. The van der Waals surface area contributed by atoms with E-state index in [-0.39, 0.29) is 59.7 Å². The molecule has 0 aliphatic rings. The number of anilines is 2. The summed E-state index contributed by atoms with van der Waals surface area (Å²) in [6.45, 7) is 0. The van der Waals surface area contributed by atoms with Crippen LogP contribution in [0, 0.1) is 0 Å². The molecule has 4 N–H and O–H groups in total. The molecule has 2 amide bonds. The highest BCUT2D eigenvalue weighted by molar-refractivity contribution is 6.34. The fourth-order valence-electron chi connectivity index (χ4n) is 6.16. The van der Waals surface area contributed by atoms with Gasteiger partial charge >= 0.3 is 12.4 Å². The van der Waals surface area contributed by atoms with Crippen molar-refractivity contribution in [1.82, 2.24) is 0 Å². The number of aromatic hydroxyl groups is 2. The molecule has 0 bridgehead atoms. The monoisotopic (exact) mass is 894 g/mol. The van der Waals surface area contributed by atoms with Crippen LogP contribution in [0.25, 0.3) is 21.5 Å². The van der Waals surface area contributed by atoms with Crippen LogP contribution in [0.15, 0.2) is 136 Å². The normalized spacial score (nSPS) is 12.1. The van der Waals surface area contributed by atoms with Gasteiger partial charge in [0, 0.05) is 16.5 Å². The number of fused-ring (bicyclic) bond motifs is 2. The molecular formula is C42H23Cl3F6N6O4. The van der Waals surface area contributed by atoms with E-state index >= 15 is 0 Å². The number of phenols is 2. The molecule has 10 nitrogen and oxygen atoms in total. The largest absolute Gasteiger partial charge is 0.505 e. The minimum absolute atomic E-state index is 0.000311. The molecular weight excluding hydrogens is 873 g/mol. The zero-order valence-corrected chi connectivity index (χ0v) is 32.6. The van der Waals surface area contributed by atoms with E-state index in [1.54, 1.807) is 36.4 Å². The third-order valence-electron chi connectivity index (χ3n) is 9.04. The van der Waals surface area contributed by atoms with Gasteiger partial charge in [-0.25, -0.2) is 0 Å². The number of carbonyl (C=O) groups excluding carboxylic acids is 2. The van der Waals surface area contributed by atoms with Crippen molar-refractivity contribution in [3.8, 4) is 11.5 Å². The zero-order valence-electron chi connectivity index (χ0n) is 30.4. The van der Waals surface area contributed by atoms with Crippen LogP contribution >= 0.6 is 34.8 Å². The molecule has 0 fully saturated rings. The summed E-state index contributed by atoms with van der Waals surface area (Å²) in [5, 5.41) is 43.3. The van der Waals surface area contributed by atoms with Gasteiger partial charge in [0.1, 0.15) is 22.7 Å². The van der Waals surface area contributed by atoms with Gasteiger partial charge < -0.3 is 20.8 Å². The molecule has 0 unspecified atom stereocenters. The molecule has 7 aromatic carbocycles. The number of nitrogens with one attached hydrogen (secondary N) is 2. The molecule has 7 aromatic rings. The van der Waals surface area contributed by atoms with Gasteiger partial charge in [-0.1, -0.05) is 95.5 Å². The second-order valence-corrected chi connectivity index (χ2v) is 14.2. The summed E-state index contributed by atoms with van der Waals surface area (Å²) >= 11 is 18.6. The number of hydrogen-bond donors (Lipinski definition) is 4. The quantitative estimate of drug-likeness (QED) is 0.0888. The van der Waals surface area contributed by atoms with Crippen molar-refractivity contribution in [2.24, 2.45) is 20.5 Å². The summed E-state index contributed by atoms with van der Waals surface area (Å²) in [4.78, 5) is 27.2. The second kappa shape index (κ2) is 16.7. The number of halogens is 9. The van der Waals surface area contributed by atoms with Crippen LogP contribution in [0.3, 0.4) is 0 Å². The summed E-state index contributed by atoms with van der Waals surface area (Å²) in [7, 11) is 0. The Kier molecular flexibility index (Phi) is 11.6.